The maximum absolute atomic E-state index is 12.9. The lowest BCUT2D eigenvalue weighted by Crippen LogP contribution is -2.25. The van der Waals surface area contributed by atoms with Crippen molar-refractivity contribution in [2.24, 2.45) is 0 Å². The highest BCUT2D eigenvalue weighted by molar-refractivity contribution is 14.1. The molecule has 0 aliphatic carbocycles. The zero-order valence-electron chi connectivity index (χ0n) is 10.3. The van der Waals surface area contributed by atoms with Crippen molar-refractivity contribution in [2.45, 2.75) is 19.3 Å². The van der Waals surface area contributed by atoms with E-state index in [2.05, 4.69) is 11.6 Å². The average Bonchev–Trinajstić information content (AvgIpc) is 2.33. The molecule has 0 atom stereocenters. The van der Waals surface area contributed by atoms with Gasteiger partial charge in [0, 0.05) is 10.1 Å². The predicted molar refractivity (Wildman–Crippen MR) is 83.7 cm³/mol. The summed E-state index contributed by atoms with van der Waals surface area (Å²) in [7, 11) is 0. The molecule has 1 amide bonds. The number of nitrogens with one attached hydrogen (secondary N) is 1. The normalized spacial score (nSPS) is 10.4. The van der Waals surface area contributed by atoms with Crippen molar-refractivity contribution in [2.75, 3.05) is 18.6 Å². The molecule has 100 valence electrons. The first kappa shape index (κ1) is 15.8. The number of benzene rings is 1. The maximum Gasteiger partial charge on any atom is 0.252 e. The van der Waals surface area contributed by atoms with Gasteiger partial charge in [-0.3, -0.25) is 4.79 Å². The Labute approximate surface area is 125 Å². The summed E-state index contributed by atoms with van der Waals surface area (Å²) in [6.07, 6.45) is 5.40. The summed E-state index contributed by atoms with van der Waals surface area (Å²) in [5.41, 5.74) is 0.543. The van der Waals surface area contributed by atoms with Gasteiger partial charge in [0.05, 0.1) is 5.56 Å². The van der Waals surface area contributed by atoms with Gasteiger partial charge in [-0.05, 0) is 65.6 Å². The minimum Gasteiger partial charge on any atom is -0.352 e. The van der Waals surface area contributed by atoms with Crippen LogP contribution in [0, 0.1) is 9.39 Å². The monoisotopic (exact) mass is 381 g/mol. The number of rotatable bonds is 7. The van der Waals surface area contributed by atoms with Gasteiger partial charge in [0.25, 0.3) is 5.91 Å². The molecule has 0 spiro atoms. The SMILES string of the molecule is CSCCCCCNC(=O)c1ccc(F)cc1I. The number of carbonyl (C=O) groups excluding carboxylic acids is 1. The van der Waals surface area contributed by atoms with Gasteiger partial charge in [-0.2, -0.15) is 11.8 Å². The van der Waals surface area contributed by atoms with Crippen LogP contribution in [-0.2, 0) is 0 Å². The van der Waals surface area contributed by atoms with Crippen molar-refractivity contribution >= 4 is 40.3 Å². The van der Waals surface area contributed by atoms with Crippen molar-refractivity contribution in [1.82, 2.24) is 5.32 Å². The molecule has 0 aliphatic rings. The number of amides is 1. The lowest BCUT2D eigenvalue weighted by atomic mass is 10.2. The molecule has 0 radical (unpaired) electrons. The van der Waals surface area contributed by atoms with Crippen LogP contribution in [0.3, 0.4) is 0 Å². The van der Waals surface area contributed by atoms with Crippen molar-refractivity contribution in [1.29, 1.82) is 0 Å². The van der Waals surface area contributed by atoms with Gasteiger partial charge in [-0.15, -0.1) is 0 Å². The molecule has 0 heterocycles. The molecule has 0 fully saturated rings. The third-order valence-electron chi connectivity index (χ3n) is 2.49. The molecular formula is C13H17FINOS. The molecule has 0 aliphatic heterocycles. The lowest BCUT2D eigenvalue weighted by molar-refractivity contribution is 0.0952. The van der Waals surface area contributed by atoms with Gasteiger partial charge >= 0.3 is 0 Å². The molecule has 2 nitrogen and oxygen atoms in total. The van der Waals surface area contributed by atoms with Crippen LogP contribution in [0.15, 0.2) is 18.2 Å². The summed E-state index contributed by atoms with van der Waals surface area (Å²) in [5.74, 6) is 0.737. The van der Waals surface area contributed by atoms with E-state index in [4.69, 9.17) is 0 Å². The van der Waals surface area contributed by atoms with Gasteiger partial charge in [0.1, 0.15) is 5.82 Å². The molecule has 1 rings (SSSR count). The van der Waals surface area contributed by atoms with Crippen LogP contribution in [0.4, 0.5) is 4.39 Å². The number of carbonyl (C=O) groups is 1. The largest absolute Gasteiger partial charge is 0.352 e. The molecule has 18 heavy (non-hydrogen) atoms. The van der Waals surface area contributed by atoms with Crippen LogP contribution in [0.2, 0.25) is 0 Å². The highest BCUT2D eigenvalue weighted by Gasteiger charge is 2.09. The summed E-state index contributed by atoms with van der Waals surface area (Å²) in [6, 6.07) is 4.21. The second-order valence-corrected chi connectivity index (χ2v) is 6.08. The van der Waals surface area contributed by atoms with Crippen molar-refractivity contribution in [3.63, 3.8) is 0 Å². The fourth-order valence-electron chi connectivity index (χ4n) is 1.52. The Hall–Kier alpha value is -0.300. The highest BCUT2D eigenvalue weighted by Crippen LogP contribution is 2.13. The van der Waals surface area contributed by atoms with Crippen molar-refractivity contribution < 1.29 is 9.18 Å². The predicted octanol–water partition coefficient (Wildman–Crippen LogP) is 3.69. The third-order valence-corrected chi connectivity index (χ3v) is 4.08. The first-order valence-corrected chi connectivity index (χ1v) is 8.34. The minimum atomic E-state index is -0.312. The number of halogens is 2. The van der Waals surface area contributed by atoms with Gasteiger partial charge in [-0.25, -0.2) is 4.39 Å². The van der Waals surface area contributed by atoms with Crippen LogP contribution in [0.5, 0.6) is 0 Å². The minimum absolute atomic E-state index is 0.121. The number of hydrogen-bond donors (Lipinski definition) is 1. The number of hydrogen-bond acceptors (Lipinski definition) is 2. The Morgan fingerprint density at radius 1 is 1.39 bits per heavy atom. The Morgan fingerprint density at radius 2 is 2.17 bits per heavy atom. The molecule has 0 bridgehead atoms. The van der Waals surface area contributed by atoms with Crippen LogP contribution in [-0.4, -0.2) is 24.5 Å². The molecule has 1 aromatic rings. The maximum atomic E-state index is 12.9. The van der Waals surface area contributed by atoms with Crippen LogP contribution >= 0.6 is 34.4 Å². The van der Waals surface area contributed by atoms with Gasteiger partial charge in [-0.1, -0.05) is 6.42 Å². The Balaban J connectivity index is 2.32. The summed E-state index contributed by atoms with van der Waals surface area (Å²) < 4.78 is 13.5. The van der Waals surface area contributed by atoms with E-state index in [0.29, 0.717) is 15.7 Å². The second kappa shape index (κ2) is 8.74. The second-order valence-electron chi connectivity index (χ2n) is 3.93. The zero-order valence-corrected chi connectivity index (χ0v) is 13.3. The Bertz CT molecular complexity index is 401. The summed E-state index contributed by atoms with van der Waals surface area (Å²) in [6.45, 7) is 0.681. The molecule has 0 saturated carbocycles. The van der Waals surface area contributed by atoms with Gasteiger partial charge in [0.2, 0.25) is 0 Å². The van der Waals surface area contributed by atoms with Crippen LogP contribution in [0.1, 0.15) is 29.6 Å². The lowest BCUT2D eigenvalue weighted by Gasteiger charge is -2.06. The molecule has 0 unspecified atom stereocenters. The van der Waals surface area contributed by atoms with E-state index >= 15 is 0 Å². The Kier molecular flexibility index (Phi) is 7.65. The molecule has 1 aromatic carbocycles. The molecule has 5 heteroatoms. The highest BCUT2D eigenvalue weighted by atomic mass is 127. The van der Waals surface area contributed by atoms with E-state index in [1.165, 1.54) is 30.4 Å². The first-order valence-electron chi connectivity index (χ1n) is 5.87. The Morgan fingerprint density at radius 3 is 2.83 bits per heavy atom. The quantitative estimate of drug-likeness (QED) is 0.577. The summed E-state index contributed by atoms with van der Waals surface area (Å²) >= 11 is 3.82. The van der Waals surface area contributed by atoms with E-state index in [0.717, 1.165) is 12.8 Å². The molecule has 0 aromatic heterocycles. The number of thioether (sulfide) groups is 1. The van der Waals surface area contributed by atoms with Crippen LogP contribution in [0.25, 0.3) is 0 Å². The van der Waals surface area contributed by atoms with Gasteiger partial charge < -0.3 is 5.32 Å². The third kappa shape index (κ3) is 5.56. The van der Waals surface area contributed by atoms with Crippen LogP contribution < -0.4 is 5.32 Å². The van der Waals surface area contributed by atoms with E-state index in [1.807, 2.05) is 34.4 Å². The first-order chi connectivity index (χ1) is 8.65. The van der Waals surface area contributed by atoms with E-state index in [-0.39, 0.29) is 11.7 Å². The average molecular weight is 381 g/mol. The summed E-state index contributed by atoms with van der Waals surface area (Å²) in [5, 5.41) is 2.86. The molecule has 1 N–H and O–H groups in total. The van der Waals surface area contributed by atoms with E-state index < -0.39 is 0 Å². The van der Waals surface area contributed by atoms with Gasteiger partial charge in [0.15, 0.2) is 0 Å². The summed E-state index contributed by atoms with van der Waals surface area (Å²) in [4.78, 5) is 11.8. The van der Waals surface area contributed by atoms with Crippen molar-refractivity contribution in [3.8, 4) is 0 Å². The zero-order chi connectivity index (χ0) is 13.4. The van der Waals surface area contributed by atoms with E-state index in [9.17, 15) is 9.18 Å². The van der Waals surface area contributed by atoms with E-state index in [1.54, 1.807) is 0 Å². The molecule has 0 saturated heterocycles. The fraction of sp³-hybridized carbons (Fsp3) is 0.462. The topological polar surface area (TPSA) is 29.1 Å². The fourth-order valence-corrected chi connectivity index (χ4v) is 2.73. The number of unbranched alkanes of at least 4 members (excludes halogenated alkanes) is 2. The van der Waals surface area contributed by atoms with Crippen molar-refractivity contribution in [3.05, 3.63) is 33.1 Å². The molecular weight excluding hydrogens is 364 g/mol. The standard InChI is InChI=1S/C13H17FINOS/c1-18-8-4-2-3-7-16-13(17)11-6-5-10(14)9-12(11)15/h5-6,9H,2-4,7-8H2,1H3,(H,16,17). The smallest absolute Gasteiger partial charge is 0.252 e.